The number of hydrogen-bond acceptors (Lipinski definition) is 2. The van der Waals surface area contributed by atoms with Crippen molar-refractivity contribution in [1.82, 2.24) is 0 Å². The SMILES string of the molecule is Nc1cc(I)ccc1OCc1ccccc1Br. The van der Waals surface area contributed by atoms with E-state index in [4.69, 9.17) is 10.5 Å². The number of rotatable bonds is 3. The Labute approximate surface area is 122 Å². The molecule has 2 N–H and O–H groups in total. The Bertz CT molecular complexity index is 531. The van der Waals surface area contributed by atoms with Gasteiger partial charge in [0, 0.05) is 13.6 Å². The molecule has 0 spiro atoms. The van der Waals surface area contributed by atoms with E-state index in [-0.39, 0.29) is 0 Å². The number of ether oxygens (including phenoxy) is 1. The summed E-state index contributed by atoms with van der Waals surface area (Å²) in [5, 5.41) is 0. The van der Waals surface area contributed by atoms with Gasteiger partial charge in [0.15, 0.2) is 0 Å². The second kappa shape index (κ2) is 5.73. The molecule has 0 heterocycles. The zero-order chi connectivity index (χ0) is 12.3. The van der Waals surface area contributed by atoms with Crippen molar-refractivity contribution in [3.05, 3.63) is 56.1 Å². The van der Waals surface area contributed by atoms with Crippen LogP contribution in [0.5, 0.6) is 5.75 Å². The molecule has 0 aliphatic rings. The zero-order valence-electron chi connectivity index (χ0n) is 8.99. The molecule has 0 saturated carbocycles. The molecule has 4 heteroatoms. The van der Waals surface area contributed by atoms with Crippen LogP contribution in [0.1, 0.15) is 5.56 Å². The monoisotopic (exact) mass is 403 g/mol. The van der Waals surface area contributed by atoms with Crippen molar-refractivity contribution in [3.63, 3.8) is 0 Å². The fourth-order valence-electron chi connectivity index (χ4n) is 1.42. The highest BCUT2D eigenvalue weighted by Gasteiger charge is 2.03. The van der Waals surface area contributed by atoms with Crippen LogP contribution in [0.3, 0.4) is 0 Å². The normalized spacial score (nSPS) is 10.2. The first-order valence-corrected chi connectivity index (χ1v) is 6.95. The lowest BCUT2D eigenvalue weighted by atomic mass is 10.2. The van der Waals surface area contributed by atoms with Crippen LogP contribution in [-0.2, 0) is 6.61 Å². The van der Waals surface area contributed by atoms with Crippen LogP contribution in [0, 0.1) is 3.57 Å². The van der Waals surface area contributed by atoms with E-state index in [1.165, 1.54) is 0 Å². The van der Waals surface area contributed by atoms with Gasteiger partial charge in [-0.15, -0.1) is 0 Å². The van der Waals surface area contributed by atoms with Gasteiger partial charge in [0.2, 0.25) is 0 Å². The number of nitrogen functional groups attached to an aromatic ring is 1. The van der Waals surface area contributed by atoms with Crippen molar-refractivity contribution in [3.8, 4) is 5.75 Å². The lowest BCUT2D eigenvalue weighted by molar-refractivity contribution is 0.307. The zero-order valence-corrected chi connectivity index (χ0v) is 12.7. The molecule has 0 aliphatic carbocycles. The lowest BCUT2D eigenvalue weighted by Gasteiger charge is -2.10. The summed E-state index contributed by atoms with van der Waals surface area (Å²) in [4.78, 5) is 0. The molecule has 2 rings (SSSR count). The molecular formula is C13H11BrINO. The maximum absolute atomic E-state index is 5.88. The number of anilines is 1. The van der Waals surface area contributed by atoms with E-state index in [9.17, 15) is 0 Å². The predicted molar refractivity (Wildman–Crippen MR) is 82.0 cm³/mol. The second-order valence-electron chi connectivity index (χ2n) is 3.56. The predicted octanol–water partition coefficient (Wildman–Crippen LogP) is 4.21. The van der Waals surface area contributed by atoms with Crippen molar-refractivity contribution in [1.29, 1.82) is 0 Å². The van der Waals surface area contributed by atoms with E-state index in [1.54, 1.807) is 0 Å². The molecule has 17 heavy (non-hydrogen) atoms. The summed E-state index contributed by atoms with van der Waals surface area (Å²) in [6.07, 6.45) is 0. The Morgan fingerprint density at radius 1 is 1.18 bits per heavy atom. The molecule has 2 aromatic carbocycles. The third-order valence-electron chi connectivity index (χ3n) is 2.31. The Morgan fingerprint density at radius 2 is 1.94 bits per heavy atom. The van der Waals surface area contributed by atoms with Crippen molar-refractivity contribution in [2.24, 2.45) is 0 Å². The Kier molecular flexibility index (Phi) is 4.28. The highest BCUT2D eigenvalue weighted by atomic mass is 127. The molecule has 0 fully saturated rings. The molecule has 0 aliphatic heterocycles. The van der Waals surface area contributed by atoms with Gasteiger partial charge in [-0.3, -0.25) is 0 Å². The first kappa shape index (κ1) is 12.7. The third-order valence-corrected chi connectivity index (χ3v) is 3.76. The second-order valence-corrected chi connectivity index (χ2v) is 5.66. The van der Waals surface area contributed by atoms with Gasteiger partial charge in [-0.2, -0.15) is 0 Å². The molecule has 0 unspecified atom stereocenters. The molecule has 0 saturated heterocycles. The van der Waals surface area contributed by atoms with E-state index in [1.807, 2.05) is 42.5 Å². The fourth-order valence-corrected chi connectivity index (χ4v) is 2.34. The molecule has 0 aromatic heterocycles. The van der Waals surface area contributed by atoms with E-state index in [0.29, 0.717) is 12.3 Å². The van der Waals surface area contributed by atoms with Crippen molar-refractivity contribution in [2.45, 2.75) is 6.61 Å². The molecule has 88 valence electrons. The largest absolute Gasteiger partial charge is 0.487 e. The quantitative estimate of drug-likeness (QED) is 0.615. The van der Waals surface area contributed by atoms with Crippen LogP contribution in [0.25, 0.3) is 0 Å². The minimum absolute atomic E-state index is 0.506. The van der Waals surface area contributed by atoms with Gasteiger partial charge in [-0.1, -0.05) is 34.1 Å². The van der Waals surface area contributed by atoms with Crippen LogP contribution in [-0.4, -0.2) is 0 Å². The van der Waals surface area contributed by atoms with E-state index in [2.05, 4.69) is 38.5 Å². The topological polar surface area (TPSA) is 35.2 Å². The summed E-state index contributed by atoms with van der Waals surface area (Å²) >= 11 is 5.71. The van der Waals surface area contributed by atoms with Crippen molar-refractivity contribution >= 4 is 44.2 Å². The van der Waals surface area contributed by atoms with Gasteiger partial charge >= 0.3 is 0 Å². The van der Waals surface area contributed by atoms with E-state index < -0.39 is 0 Å². The summed E-state index contributed by atoms with van der Waals surface area (Å²) in [6.45, 7) is 0.506. The highest BCUT2D eigenvalue weighted by Crippen LogP contribution is 2.25. The lowest BCUT2D eigenvalue weighted by Crippen LogP contribution is -1.99. The average Bonchev–Trinajstić information content (AvgIpc) is 2.30. The summed E-state index contributed by atoms with van der Waals surface area (Å²) in [5.41, 5.74) is 7.65. The minimum Gasteiger partial charge on any atom is -0.487 e. The van der Waals surface area contributed by atoms with Gasteiger partial charge in [0.25, 0.3) is 0 Å². The van der Waals surface area contributed by atoms with Crippen molar-refractivity contribution < 1.29 is 4.74 Å². The molecule has 0 radical (unpaired) electrons. The Morgan fingerprint density at radius 3 is 2.65 bits per heavy atom. The maximum Gasteiger partial charge on any atom is 0.142 e. The molecule has 0 amide bonds. The van der Waals surface area contributed by atoms with Gasteiger partial charge in [0.1, 0.15) is 12.4 Å². The molecule has 0 bridgehead atoms. The molecular weight excluding hydrogens is 393 g/mol. The minimum atomic E-state index is 0.506. The maximum atomic E-state index is 5.88. The summed E-state index contributed by atoms with van der Waals surface area (Å²) in [5.74, 6) is 0.723. The summed E-state index contributed by atoms with van der Waals surface area (Å²) in [7, 11) is 0. The standard InChI is InChI=1S/C13H11BrINO/c14-11-4-2-1-3-9(11)8-17-13-6-5-10(15)7-12(13)16/h1-7H,8,16H2. The van der Waals surface area contributed by atoms with Crippen molar-refractivity contribution in [2.75, 3.05) is 5.73 Å². The number of hydrogen-bond donors (Lipinski definition) is 1. The molecule has 2 aromatic rings. The first-order chi connectivity index (χ1) is 8.16. The van der Waals surface area contributed by atoms with Crippen LogP contribution < -0.4 is 10.5 Å². The number of benzene rings is 2. The Balaban J connectivity index is 2.10. The fraction of sp³-hybridized carbons (Fsp3) is 0.0769. The van der Waals surface area contributed by atoms with Crippen LogP contribution >= 0.6 is 38.5 Å². The van der Waals surface area contributed by atoms with Crippen LogP contribution in [0.15, 0.2) is 46.9 Å². The van der Waals surface area contributed by atoms with E-state index in [0.717, 1.165) is 19.4 Å². The smallest absolute Gasteiger partial charge is 0.142 e. The summed E-state index contributed by atoms with van der Waals surface area (Å²) in [6, 6.07) is 13.8. The highest BCUT2D eigenvalue weighted by molar-refractivity contribution is 14.1. The van der Waals surface area contributed by atoms with Crippen LogP contribution in [0.2, 0.25) is 0 Å². The van der Waals surface area contributed by atoms with Gasteiger partial charge in [-0.25, -0.2) is 0 Å². The van der Waals surface area contributed by atoms with E-state index >= 15 is 0 Å². The van der Waals surface area contributed by atoms with Crippen LogP contribution in [0.4, 0.5) is 5.69 Å². The van der Waals surface area contributed by atoms with Gasteiger partial charge in [-0.05, 0) is 46.9 Å². The third kappa shape index (κ3) is 3.35. The Hall–Kier alpha value is -0.750. The summed E-state index contributed by atoms with van der Waals surface area (Å²) < 4.78 is 7.85. The number of nitrogens with two attached hydrogens (primary N) is 1. The molecule has 2 nitrogen and oxygen atoms in total. The average molecular weight is 404 g/mol. The first-order valence-electron chi connectivity index (χ1n) is 5.08. The molecule has 0 atom stereocenters. The number of halogens is 2. The van der Waals surface area contributed by atoms with Gasteiger partial charge in [0.05, 0.1) is 5.69 Å². The van der Waals surface area contributed by atoms with Gasteiger partial charge < -0.3 is 10.5 Å².